The molecule has 9 heteroatoms. The van der Waals surface area contributed by atoms with Gasteiger partial charge in [0.1, 0.15) is 24.0 Å². The van der Waals surface area contributed by atoms with Crippen molar-refractivity contribution in [1.82, 2.24) is 9.55 Å². The molecule has 1 aliphatic rings. The van der Waals surface area contributed by atoms with Crippen molar-refractivity contribution in [3.05, 3.63) is 27.0 Å². The highest BCUT2D eigenvalue weighted by Gasteiger charge is 2.43. The Morgan fingerprint density at radius 3 is 2.67 bits per heavy atom. The van der Waals surface area contributed by atoms with Crippen molar-refractivity contribution in [3.63, 3.8) is 0 Å². The van der Waals surface area contributed by atoms with Gasteiger partial charge in [-0.05, 0) is 6.42 Å². The number of hydrogen-bond acceptors (Lipinski definition) is 7. The predicted octanol–water partition coefficient (Wildman–Crippen LogP) is -2.03. The Morgan fingerprint density at radius 1 is 1.38 bits per heavy atom. The van der Waals surface area contributed by atoms with E-state index in [1.807, 2.05) is 6.92 Å². The molecule has 1 aromatic heterocycles. The summed E-state index contributed by atoms with van der Waals surface area (Å²) in [7, 11) is 0. The summed E-state index contributed by atoms with van der Waals surface area (Å²) in [6, 6.07) is 0. The summed E-state index contributed by atoms with van der Waals surface area (Å²) >= 11 is 0. The number of nitrogens with one attached hydrogen (secondary N) is 2. The summed E-state index contributed by atoms with van der Waals surface area (Å²) < 4.78 is 6.25. The maximum absolute atomic E-state index is 11.8. The fourth-order valence-corrected chi connectivity index (χ4v) is 2.17. The van der Waals surface area contributed by atoms with Crippen LogP contribution in [-0.2, 0) is 4.74 Å². The van der Waals surface area contributed by atoms with Crippen LogP contribution in [-0.4, -0.2) is 56.3 Å². The zero-order valence-electron chi connectivity index (χ0n) is 11.5. The lowest BCUT2D eigenvalue weighted by atomic mass is 10.1. The van der Waals surface area contributed by atoms with Crippen LogP contribution in [0.4, 0.5) is 5.69 Å². The lowest BCUT2D eigenvalue weighted by molar-refractivity contribution is -0.0549. The molecule has 118 valence electrons. The minimum absolute atomic E-state index is 0.161. The molecule has 9 nitrogen and oxygen atoms in total. The Bertz CT molecular complexity index is 597. The third-order valence-corrected chi connectivity index (χ3v) is 3.32. The van der Waals surface area contributed by atoms with E-state index in [9.17, 15) is 19.8 Å². The van der Waals surface area contributed by atoms with Crippen molar-refractivity contribution in [1.29, 1.82) is 0 Å². The summed E-state index contributed by atoms with van der Waals surface area (Å²) in [6.07, 6.45) is -2.85. The van der Waals surface area contributed by atoms with Gasteiger partial charge in [-0.25, -0.2) is 4.79 Å². The van der Waals surface area contributed by atoms with E-state index in [4.69, 9.17) is 9.84 Å². The first-order valence-electron chi connectivity index (χ1n) is 6.71. The standard InChI is InChI=1S/C12H19N3O6/c1-2-3-13-6-4-15(12(20)14-10(6)19)11-9(18)8(17)7(5-16)21-11/h4,7-9,11,13,16-18H,2-3,5H2,1H3,(H,14,19,20)/t7-,8?,9?,11-/m0/s1. The number of nitrogens with zero attached hydrogens (tertiary/aromatic N) is 1. The van der Waals surface area contributed by atoms with Gasteiger partial charge in [-0.3, -0.25) is 14.3 Å². The molecule has 0 spiro atoms. The summed E-state index contributed by atoms with van der Waals surface area (Å²) in [5.74, 6) is 0. The van der Waals surface area contributed by atoms with Crippen molar-refractivity contribution >= 4 is 5.69 Å². The number of anilines is 1. The smallest absolute Gasteiger partial charge is 0.330 e. The number of H-pyrrole nitrogens is 1. The van der Waals surface area contributed by atoms with Crippen LogP contribution >= 0.6 is 0 Å². The molecule has 2 rings (SSSR count). The van der Waals surface area contributed by atoms with Crippen molar-refractivity contribution in [3.8, 4) is 0 Å². The topological polar surface area (TPSA) is 137 Å². The van der Waals surface area contributed by atoms with E-state index in [1.54, 1.807) is 0 Å². The second-order valence-electron chi connectivity index (χ2n) is 4.86. The molecule has 21 heavy (non-hydrogen) atoms. The maximum Gasteiger partial charge on any atom is 0.330 e. The number of aliphatic hydroxyl groups is 3. The normalized spacial score (nSPS) is 28.8. The Balaban J connectivity index is 2.35. The van der Waals surface area contributed by atoms with Gasteiger partial charge in [0.05, 0.1) is 6.61 Å². The lowest BCUT2D eigenvalue weighted by Gasteiger charge is -2.18. The molecule has 2 heterocycles. The summed E-state index contributed by atoms with van der Waals surface area (Å²) in [5.41, 5.74) is -1.18. The summed E-state index contributed by atoms with van der Waals surface area (Å²) in [6.45, 7) is 1.97. The van der Waals surface area contributed by atoms with E-state index in [0.29, 0.717) is 6.54 Å². The SMILES string of the molecule is CCCNc1cn([C@H]2O[C@@H](CO)C(O)C2O)c(=O)[nH]c1=O. The van der Waals surface area contributed by atoms with Crippen LogP contribution in [0.2, 0.25) is 0 Å². The van der Waals surface area contributed by atoms with E-state index in [0.717, 1.165) is 11.0 Å². The van der Waals surface area contributed by atoms with Crippen molar-refractivity contribution < 1.29 is 20.1 Å². The largest absolute Gasteiger partial charge is 0.394 e. The van der Waals surface area contributed by atoms with Crippen LogP contribution < -0.4 is 16.6 Å². The molecule has 1 fully saturated rings. The molecule has 0 aliphatic carbocycles. The van der Waals surface area contributed by atoms with Crippen LogP contribution in [0.25, 0.3) is 0 Å². The van der Waals surface area contributed by atoms with Gasteiger partial charge in [0.2, 0.25) is 0 Å². The Labute approximate surface area is 119 Å². The van der Waals surface area contributed by atoms with Crippen LogP contribution in [0.15, 0.2) is 15.8 Å². The number of hydrogen-bond donors (Lipinski definition) is 5. The molecular weight excluding hydrogens is 282 g/mol. The Kier molecular flexibility index (Phi) is 4.78. The number of rotatable bonds is 5. The van der Waals surface area contributed by atoms with Gasteiger partial charge in [-0.1, -0.05) is 6.92 Å². The summed E-state index contributed by atoms with van der Waals surface area (Å²) in [4.78, 5) is 25.6. The van der Waals surface area contributed by atoms with E-state index >= 15 is 0 Å². The van der Waals surface area contributed by atoms with E-state index in [1.165, 1.54) is 6.20 Å². The van der Waals surface area contributed by atoms with Crippen LogP contribution in [0.1, 0.15) is 19.6 Å². The number of ether oxygens (including phenoxy) is 1. The fraction of sp³-hybridized carbons (Fsp3) is 0.667. The number of aliphatic hydroxyl groups excluding tert-OH is 3. The second-order valence-corrected chi connectivity index (χ2v) is 4.86. The highest BCUT2D eigenvalue weighted by molar-refractivity contribution is 5.37. The van der Waals surface area contributed by atoms with Crippen LogP contribution in [0.5, 0.6) is 0 Å². The molecule has 1 aromatic rings. The first-order valence-corrected chi connectivity index (χ1v) is 6.71. The van der Waals surface area contributed by atoms with Crippen molar-refractivity contribution in [2.24, 2.45) is 0 Å². The first-order chi connectivity index (χ1) is 9.99. The van der Waals surface area contributed by atoms with E-state index in [2.05, 4.69) is 10.3 Å². The molecular formula is C12H19N3O6. The Hall–Kier alpha value is -1.68. The molecule has 4 atom stereocenters. The van der Waals surface area contributed by atoms with Gasteiger partial charge in [0.25, 0.3) is 5.56 Å². The molecule has 0 bridgehead atoms. The average Bonchev–Trinajstić information content (AvgIpc) is 2.74. The van der Waals surface area contributed by atoms with Crippen LogP contribution in [0.3, 0.4) is 0 Å². The van der Waals surface area contributed by atoms with Gasteiger partial charge in [0.15, 0.2) is 6.23 Å². The lowest BCUT2D eigenvalue weighted by Crippen LogP contribution is -2.38. The predicted molar refractivity (Wildman–Crippen MR) is 73.1 cm³/mol. The molecule has 0 aromatic carbocycles. The van der Waals surface area contributed by atoms with Gasteiger partial charge in [-0.15, -0.1) is 0 Å². The van der Waals surface area contributed by atoms with E-state index in [-0.39, 0.29) is 5.69 Å². The highest BCUT2D eigenvalue weighted by atomic mass is 16.6. The minimum Gasteiger partial charge on any atom is -0.394 e. The molecule has 1 saturated heterocycles. The van der Waals surface area contributed by atoms with Crippen molar-refractivity contribution in [2.75, 3.05) is 18.5 Å². The van der Waals surface area contributed by atoms with Gasteiger partial charge in [0, 0.05) is 12.7 Å². The maximum atomic E-state index is 11.8. The Morgan fingerprint density at radius 2 is 2.10 bits per heavy atom. The molecule has 5 N–H and O–H groups in total. The molecule has 0 amide bonds. The quantitative estimate of drug-likeness (QED) is 0.423. The van der Waals surface area contributed by atoms with Gasteiger partial charge >= 0.3 is 5.69 Å². The number of aromatic amines is 1. The van der Waals surface area contributed by atoms with Crippen molar-refractivity contribution in [2.45, 2.75) is 37.9 Å². The third-order valence-electron chi connectivity index (χ3n) is 3.32. The molecule has 2 unspecified atom stereocenters. The monoisotopic (exact) mass is 301 g/mol. The van der Waals surface area contributed by atoms with Gasteiger partial charge in [-0.2, -0.15) is 0 Å². The first kappa shape index (κ1) is 15.7. The second kappa shape index (κ2) is 6.39. The molecule has 1 aliphatic heterocycles. The van der Waals surface area contributed by atoms with Crippen LogP contribution in [0, 0.1) is 0 Å². The molecule has 0 saturated carbocycles. The van der Waals surface area contributed by atoms with E-state index < -0.39 is 42.4 Å². The fourth-order valence-electron chi connectivity index (χ4n) is 2.17. The molecule has 0 radical (unpaired) electrons. The zero-order chi connectivity index (χ0) is 15.6. The summed E-state index contributed by atoms with van der Waals surface area (Å²) in [5, 5.41) is 31.5. The number of aromatic nitrogens is 2. The minimum atomic E-state index is -1.38. The van der Waals surface area contributed by atoms with Gasteiger partial charge < -0.3 is 25.4 Å². The average molecular weight is 301 g/mol. The zero-order valence-corrected chi connectivity index (χ0v) is 11.5. The third kappa shape index (κ3) is 3.00. The highest BCUT2D eigenvalue weighted by Crippen LogP contribution is 2.28.